The van der Waals surface area contributed by atoms with Crippen molar-refractivity contribution in [2.45, 2.75) is 18.9 Å². The number of nitrogens with zero attached hydrogens (tertiary/aromatic N) is 2. The van der Waals surface area contributed by atoms with Crippen LogP contribution in [0.2, 0.25) is 0 Å². The maximum Gasteiger partial charge on any atom is 0.427 e. The summed E-state index contributed by atoms with van der Waals surface area (Å²) < 4.78 is 11.5. The minimum atomic E-state index is -1.96. The lowest BCUT2D eigenvalue weighted by Crippen LogP contribution is -2.38. The summed E-state index contributed by atoms with van der Waals surface area (Å²) in [7, 11) is 0. The van der Waals surface area contributed by atoms with Crippen molar-refractivity contribution in [3.8, 4) is 11.5 Å². The van der Waals surface area contributed by atoms with Gasteiger partial charge in [0.05, 0.1) is 0 Å². The van der Waals surface area contributed by atoms with Gasteiger partial charge in [-0.05, 0) is 36.2 Å². The summed E-state index contributed by atoms with van der Waals surface area (Å²) in [4.78, 5) is 28.0. The molecule has 7 heteroatoms. The molecule has 0 amide bonds. The molecule has 1 heterocycles. The van der Waals surface area contributed by atoms with Gasteiger partial charge in [-0.3, -0.25) is 0 Å². The summed E-state index contributed by atoms with van der Waals surface area (Å²) >= 11 is 0. The number of rotatable bonds is 5. The van der Waals surface area contributed by atoms with Gasteiger partial charge in [0.15, 0.2) is 5.60 Å². The van der Waals surface area contributed by atoms with Crippen molar-refractivity contribution >= 4 is 12.1 Å². The van der Waals surface area contributed by atoms with E-state index in [2.05, 4.69) is 4.98 Å². The molecule has 0 fully saturated rings. The highest BCUT2D eigenvalue weighted by Gasteiger charge is 2.39. The Morgan fingerprint density at radius 3 is 2.33 bits per heavy atom. The second-order valence-corrected chi connectivity index (χ2v) is 5.78. The van der Waals surface area contributed by atoms with Crippen LogP contribution in [0.4, 0.5) is 4.79 Å². The second-order valence-electron chi connectivity index (χ2n) is 5.78. The Bertz CT molecular complexity index is 907. The molecule has 0 aliphatic heterocycles. The second kappa shape index (κ2) is 7.84. The zero-order valence-electron chi connectivity index (χ0n) is 14.6. The lowest BCUT2D eigenvalue weighted by Gasteiger charge is -2.24. The standard InChI is InChI=1S/C20H18N2O5/c1-2-20(25,18(23)27-19(24)22-13-12-21-14-22)15-8-10-17(11-9-15)26-16-6-4-3-5-7-16/h3-14,25H,2H2,1H3. The highest BCUT2D eigenvalue weighted by molar-refractivity contribution is 5.91. The normalized spacial score (nSPS) is 12.8. The summed E-state index contributed by atoms with van der Waals surface area (Å²) in [5, 5.41) is 10.8. The number of imidazole rings is 1. The molecule has 0 saturated heterocycles. The van der Waals surface area contributed by atoms with E-state index >= 15 is 0 Å². The van der Waals surface area contributed by atoms with E-state index in [1.165, 1.54) is 18.7 Å². The summed E-state index contributed by atoms with van der Waals surface area (Å²) in [5.41, 5.74) is -1.66. The van der Waals surface area contributed by atoms with Crippen molar-refractivity contribution in [1.82, 2.24) is 9.55 Å². The Kier molecular flexibility index (Phi) is 5.33. The summed E-state index contributed by atoms with van der Waals surface area (Å²) in [6.07, 6.45) is 3.02. The fourth-order valence-corrected chi connectivity index (χ4v) is 2.47. The lowest BCUT2D eigenvalue weighted by atomic mass is 9.91. The van der Waals surface area contributed by atoms with E-state index in [1.54, 1.807) is 31.2 Å². The van der Waals surface area contributed by atoms with Crippen LogP contribution in [0.1, 0.15) is 18.9 Å². The van der Waals surface area contributed by atoms with Gasteiger partial charge < -0.3 is 14.6 Å². The van der Waals surface area contributed by atoms with Crippen LogP contribution in [-0.4, -0.2) is 26.7 Å². The molecule has 138 valence electrons. The fourth-order valence-electron chi connectivity index (χ4n) is 2.47. The van der Waals surface area contributed by atoms with Crippen LogP contribution in [0.3, 0.4) is 0 Å². The number of carbonyl (C=O) groups is 2. The van der Waals surface area contributed by atoms with Crippen molar-refractivity contribution in [1.29, 1.82) is 0 Å². The number of para-hydroxylation sites is 1. The van der Waals surface area contributed by atoms with E-state index in [4.69, 9.17) is 9.47 Å². The molecule has 1 unspecified atom stereocenters. The van der Waals surface area contributed by atoms with E-state index < -0.39 is 17.7 Å². The molecule has 27 heavy (non-hydrogen) atoms. The Balaban J connectivity index is 1.75. The zero-order chi connectivity index (χ0) is 19.3. The van der Waals surface area contributed by atoms with Gasteiger partial charge in [0.1, 0.15) is 17.8 Å². The maximum atomic E-state index is 12.4. The highest BCUT2D eigenvalue weighted by atomic mass is 16.6. The van der Waals surface area contributed by atoms with Crippen molar-refractivity contribution in [2.24, 2.45) is 0 Å². The molecule has 3 aromatic rings. The zero-order valence-corrected chi connectivity index (χ0v) is 14.6. The van der Waals surface area contributed by atoms with E-state index in [-0.39, 0.29) is 6.42 Å². The maximum absolute atomic E-state index is 12.4. The van der Waals surface area contributed by atoms with Crippen LogP contribution in [0.25, 0.3) is 0 Å². The third-order valence-corrected chi connectivity index (χ3v) is 4.06. The third-order valence-electron chi connectivity index (χ3n) is 4.06. The van der Waals surface area contributed by atoms with Gasteiger partial charge in [-0.25, -0.2) is 19.1 Å². The minimum Gasteiger partial charge on any atom is -0.457 e. The Labute approximate surface area is 155 Å². The van der Waals surface area contributed by atoms with Gasteiger partial charge in [-0.1, -0.05) is 37.3 Å². The van der Waals surface area contributed by atoms with Crippen LogP contribution in [0.5, 0.6) is 11.5 Å². The molecule has 0 saturated carbocycles. The van der Waals surface area contributed by atoms with Gasteiger partial charge in [-0.15, -0.1) is 0 Å². The first-order valence-corrected chi connectivity index (χ1v) is 8.33. The quantitative estimate of drug-likeness (QED) is 0.549. The number of aliphatic hydroxyl groups is 1. The molecule has 1 atom stereocenters. The summed E-state index contributed by atoms with van der Waals surface area (Å²) in [6.45, 7) is 1.62. The van der Waals surface area contributed by atoms with Crippen molar-refractivity contribution < 1.29 is 24.2 Å². The third kappa shape index (κ3) is 4.04. The Morgan fingerprint density at radius 1 is 1.07 bits per heavy atom. The molecule has 7 nitrogen and oxygen atoms in total. The van der Waals surface area contributed by atoms with Crippen molar-refractivity contribution in [3.63, 3.8) is 0 Å². The molecule has 0 radical (unpaired) electrons. The average Bonchev–Trinajstić information content (AvgIpc) is 3.23. The first kappa shape index (κ1) is 18.3. The van der Waals surface area contributed by atoms with Crippen molar-refractivity contribution in [3.05, 3.63) is 78.9 Å². The van der Waals surface area contributed by atoms with Crippen LogP contribution in [-0.2, 0) is 15.1 Å². The van der Waals surface area contributed by atoms with Gasteiger partial charge in [0.2, 0.25) is 0 Å². The van der Waals surface area contributed by atoms with Gasteiger partial charge in [0.25, 0.3) is 0 Å². The number of ether oxygens (including phenoxy) is 2. The summed E-state index contributed by atoms with van der Waals surface area (Å²) in [6, 6.07) is 15.6. The van der Waals surface area contributed by atoms with E-state index in [0.717, 1.165) is 4.57 Å². The topological polar surface area (TPSA) is 90.7 Å². The smallest absolute Gasteiger partial charge is 0.427 e. The molecule has 0 spiro atoms. The fraction of sp³-hybridized carbons (Fsp3) is 0.150. The Morgan fingerprint density at radius 2 is 1.74 bits per heavy atom. The molecule has 3 rings (SSSR count). The molecule has 0 bridgehead atoms. The molecule has 0 aliphatic rings. The first-order chi connectivity index (χ1) is 13.0. The number of aromatic nitrogens is 2. The van der Waals surface area contributed by atoms with Crippen LogP contribution in [0.15, 0.2) is 73.3 Å². The predicted molar refractivity (Wildman–Crippen MR) is 96.3 cm³/mol. The van der Waals surface area contributed by atoms with Gasteiger partial charge in [-0.2, -0.15) is 0 Å². The van der Waals surface area contributed by atoms with Crippen molar-refractivity contribution in [2.75, 3.05) is 0 Å². The summed E-state index contributed by atoms with van der Waals surface area (Å²) in [5.74, 6) is 0.160. The number of carbonyl (C=O) groups excluding carboxylic acids is 2. The number of benzene rings is 2. The number of hydrogen-bond acceptors (Lipinski definition) is 6. The van der Waals surface area contributed by atoms with E-state index in [9.17, 15) is 14.7 Å². The molecule has 2 aromatic carbocycles. The van der Waals surface area contributed by atoms with Gasteiger partial charge in [0, 0.05) is 12.4 Å². The SMILES string of the molecule is CCC(O)(C(=O)OC(=O)n1ccnc1)c1ccc(Oc2ccccc2)cc1. The van der Waals surface area contributed by atoms with Crippen LogP contribution >= 0.6 is 0 Å². The first-order valence-electron chi connectivity index (χ1n) is 8.33. The van der Waals surface area contributed by atoms with E-state index in [1.807, 2.05) is 30.3 Å². The predicted octanol–water partition coefficient (Wildman–Crippen LogP) is 3.48. The molecule has 1 aromatic heterocycles. The largest absolute Gasteiger partial charge is 0.457 e. The molecule has 1 N–H and O–H groups in total. The van der Waals surface area contributed by atoms with Gasteiger partial charge >= 0.3 is 12.1 Å². The lowest BCUT2D eigenvalue weighted by molar-refractivity contribution is -0.160. The van der Waals surface area contributed by atoms with E-state index in [0.29, 0.717) is 17.1 Å². The van der Waals surface area contributed by atoms with Crippen LogP contribution in [0, 0.1) is 0 Å². The molecular weight excluding hydrogens is 348 g/mol. The monoisotopic (exact) mass is 366 g/mol. The number of esters is 1. The minimum absolute atomic E-state index is 0.0297. The number of hydrogen-bond donors (Lipinski definition) is 1. The van der Waals surface area contributed by atoms with Crippen LogP contribution < -0.4 is 4.74 Å². The molecular formula is C20H18N2O5. The molecule has 0 aliphatic carbocycles. The Hall–Kier alpha value is -3.45. The average molecular weight is 366 g/mol. The highest BCUT2D eigenvalue weighted by Crippen LogP contribution is 2.29.